The van der Waals surface area contributed by atoms with Gasteiger partial charge in [-0.15, -0.1) is 0 Å². The van der Waals surface area contributed by atoms with Crippen molar-refractivity contribution in [2.24, 2.45) is 5.73 Å². The van der Waals surface area contributed by atoms with Gasteiger partial charge in [-0.05, 0) is 53.5 Å². The van der Waals surface area contributed by atoms with Crippen molar-refractivity contribution < 1.29 is 4.39 Å². The quantitative estimate of drug-likeness (QED) is 0.926. The van der Waals surface area contributed by atoms with Gasteiger partial charge in [0.1, 0.15) is 5.82 Å². The van der Waals surface area contributed by atoms with Gasteiger partial charge in [-0.3, -0.25) is 4.90 Å². The van der Waals surface area contributed by atoms with Crippen molar-refractivity contribution in [2.45, 2.75) is 31.3 Å². The lowest BCUT2D eigenvalue weighted by atomic mass is 9.89. The summed E-state index contributed by atoms with van der Waals surface area (Å²) in [4.78, 5) is 2.28. The van der Waals surface area contributed by atoms with Crippen LogP contribution < -0.4 is 5.73 Å². The largest absolute Gasteiger partial charge is 0.329 e. The monoisotopic (exact) mass is 300 g/mol. The van der Waals surface area contributed by atoms with Crippen LogP contribution in [0.25, 0.3) is 0 Å². The second-order valence-corrected chi connectivity index (χ2v) is 5.53. The normalized spacial score (nSPS) is 18.2. The van der Waals surface area contributed by atoms with Crippen LogP contribution in [0.4, 0.5) is 4.39 Å². The Morgan fingerprint density at radius 2 is 2.24 bits per heavy atom. The molecule has 2 N–H and O–H groups in total. The van der Waals surface area contributed by atoms with E-state index in [4.69, 9.17) is 5.73 Å². The lowest BCUT2D eigenvalue weighted by molar-refractivity contribution is 0.113. The molecule has 1 atom stereocenters. The second-order valence-electron chi connectivity index (χ2n) is 4.68. The lowest BCUT2D eigenvalue weighted by Crippen LogP contribution is -2.42. The number of hydrogen-bond donors (Lipinski definition) is 1. The predicted molar refractivity (Wildman–Crippen MR) is 71.3 cm³/mol. The zero-order valence-corrected chi connectivity index (χ0v) is 11.6. The van der Waals surface area contributed by atoms with Crippen LogP contribution in [0.1, 0.15) is 30.9 Å². The maximum absolute atomic E-state index is 13.5. The number of halogens is 2. The molecule has 0 amide bonds. The molecule has 1 aromatic carbocycles. The summed E-state index contributed by atoms with van der Waals surface area (Å²) < 4.78 is 14.0. The number of nitrogens with two attached hydrogens (primary N) is 1. The van der Waals surface area contributed by atoms with Crippen molar-refractivity contribution in [1.82, 2.24) is 4.90 Å². The molecular formula is C13H18BrFN2. The van der Waals surface area contributed by atoms with E-state index in [1.807, 2.05) is 6.07 Å². The third-order valence-electron chi connectivity index (χ3n) is 3.69. The van der Waals surface area contributed by atoms with E-state index >= 15 is 0 Å². The molecule has 1 aliphatic rings. The van der Waals surface area contributed by atoms with E-state index in [9.17, 15) is 4.39 Å². The number of likely N-dealkylation sites (N-methyl/N-ethyl adjacent to an activating group) is 1. The van der Waals surface area contributed by atoms with Crippen LogP contribution in [0.15, 0.2) is 22.7 Å². The molecule has 0 bridgehead atoms. The average molecular weight is 301 g/mol. The van der Waals surface area contributed by atoms with Crippen molar-refractivity contribution in [3.05, 3.63) is 34.1 Å². The van der Waals surface area contributed by atoms with E-state index in [-0.39, 0.29) is 11.9 Å². The van der Waals surface area contributed by atoms with Gasteiger partial charge in [0.05, 0.1) is 4.47 Å². The van der Waals surface area contributed by atoms with Crippen LogP contribution in [-0.4, -0.2) is 24.5 Å². The number of rotatable bonds is 4. The Kier molecular flexibility index (Phi) is 4.17. The summed E-state index contributed by atoms with van der Waals surface area (Å²) in [7, 11) is 2.08. The summed E-state index contributed by atoms with van der Waals surface area (Å²) in [6.45, 7) is 0.522. The molecule has 1 unspecified atom stereocenters. The van der Waals surface area contributed by atoms with Gasteiger partial charge in [-0.2, -0.15) is 0 Å². The fraction of sp³-hybridized carbons (Fsp3) is 0.538. The highest BCUT2D eigenvalue weighted by Gasteiger charge is 2.27. The zero-order valence-electron chi connectivity index (χ0n) is 10.00. The maximum atomic E-state index is 13.5. The SMILES string of the molecule is CN(C1CCC1)C(CN)c1ccc(Br)c(F)c1. The minimum Gasteiger partial charge on any atom is -0.329 e. The highest BCUT2D eigenvalue weighted by Crippen LogP contribution is 2.31. The first kappa shape index (κ1) is 13.0. The summed E-state index contributed by atoms with van der Waals surface area (Å²) in [5.41, 5.74) is 6.80. The van der Waals surface area contributed by atoms with E-state index in [0.717, 1.165) is 5.56 Å². The first-order chi connectivity index (χ1) is 8.13. The van der Waals surface area contributed by atoms with Crippen LogP contribution in [0.5, 0.6) is 0 Å². The Labute approximate surface area is 110 Å². The zero-order chi connectivity index (χ0) is 12.4. The Bertz CT molecular complexity index is 393. The molecular weight excluding hydrogens is 283 g/mol. The third kappa shape index (κ3) is 2.69. The minimum atomic E-state index is -0.219. The van der Waals surface area contributed by atoms with Gasteiger partial charge < -0.3 is 5.73 Å². The highest BCUT2D eigenvalue weighted by molar-refractivity contribution is 9.10. The highest BCUT2D eigenvalue weighted by atomic mass is 79.9. The summed E-state index contributed by atoms with van der Waals surface area (Å²) in [5.74, 6) is -0.219. The smallest absolute Gasteiger partial charge is 0.137 e. The Hall–Kier alpha value is -0.450. The molecule has 0 saturated heterocycles. The molecule has 0 radical (unpaired) electrons. The summed E-state index contributed by atoms with van der Waals surface area (Å²) in [6.07, 6.45) is 3.75. The molecule has 1 fully saturated rings. The molecule has 4 heteroatoms. The summed E-state index contributed by atoms with van der Waals surface area (Å²) in [5, 5.41) is 0. The van der Waals surface area contributed by atoms with Crippen LogP contribution in [0.3, 0.4) is 0 Å². The van der Waals surface area contributed by atoms with Crippen molar-refractivity contribution in [3.63, 3.8) is 0 Å². The molecule has 0 aliphatic heterocycles. The third-order valence-corrected chi connectivity index (χ3v) is 4.34. The van der Waals surface area contributed by atoms with Gasteiger partial charge >= 0.3 is 0 Å². The average Bonchev–Trinajstić information content (AvgIpc) is 2.22. The Balaban J connectivity index is 2.18. The van der Waals surface area contributed by atoms with Gasteiger partial charge in [0.2, 0.25) is 0 Å². The van der Waals surface area contributed by atoms with Gasteiger partial charge in [0, 0.05) is 18.6 Å². The van der Waals surface area contributed by atoms with Gasteiger partial charge in [-0.25, -0.2) is 4.39 Å². The molecule has 0 aromatic heterocycles. The predicted octanol–water partition coefficient (Wildman–Crippen LogP) is 3.07. The van der Waals surface area contributed by atoms with Crippen LogP contribution in [0.2, 0.25) is 0 Å². The lowest BCUT2D eigenvalue weighted by Gasteiger charge is -2.39. The molecule has 2 nitrogen and oxygen atoms in total. The fourth-order valence-corrected chi connectivity index (χ4v) is 2.55. The van der Waals surface area contributed by atoms with Gasteiger partial charge in [0.25, 0.3) is 0 Å². The van der Waals surface area contributed by atoms with Crippen molar-refractivity contribution in [3.8, 4) is 0 Å². The minimum absolute atomic E-state index is 0.114. The summed E-state index contributed by atoms with van der Waals surface area (Å²) >= 11 is 3.17. The van der Waals surface area contributed by atoms with Crippen LogP contribution in [0, 0.1) is 5.82 Å². The van der Waals surface area contributed by atoms with Crippen molar-refractivity contribution in [2.75, 3.05) is 13.6 Å². The molecule has 94 valence electrons. The molecule has 1 aliphatic carbocycles. The first-order valence-electron chi connectivity index (χ1n) is 6.00. The standard InChI is InChI=1S/C13H18BrFN2/c1-17(10-3-2-4-10)13(8-16)9-5-6-11(14)12(15)7-9/h5-7,10,13H,2-4,8,16H2,1H3. The van der Waals surface area contributed by atoms with Crippen LogP contribution >= 0.6 is 15.9 Å². The molecule has 0 spiro atoms. The number of hydrogen-bond acceptors (Lipinski definition) is 2. The molecule has 0 heterocycles. The molecule has 2 rings (SSSR count). The molecule has 17 heavy (non-hydrogen) atoms. The topological polar surface area (TPSA) is 29.3 Å². The Morgan fingerprint density at radius 3 is 2.71 bits per heavy atom. The second kappa shape index (κ2) is 5.46. The van der Waals surface area contributed by atoms with E-state index < -0.39 is 0 Å². The van der Waals surface area contributed by atoms with Crippen LogP contribution in [-0.2, 0) is 0 Å². The van der Waals surface area contributed by atoms with E-state index in [0.29, 0.717) is 17.1 Å². The number of benzene rings is 1. The van der Waals surface area contributed by atoms with Gasteiger partial charge in [-0.1, -0.05) is 12.5 Å². The summed E-state index contributed by atoms with van der Waals surface area (Å²) in [6, 6.07) is 6.00. The fourth-order valence-electron chi connectivity index (χ4n) is 2.31. The van der Waals surface area contributed by atoms with Crippen molar-refractivity contribution >= 4 is 15.9 Å². The van der Waals surface area contributed by atoms with Crippen molar-refractivity contribution in [1.29, 1.82) is 0 Å². The number of nitrogens with zero attached hydrogens (tertiary/aromatic N) is 1. The molecule has 1 aromatic rings. The van der Waals surface area contributed by atoms with E-state index in [1.165, 1.54) is 19.3 Å². The van der Waals surface area contributed by atoms with E-state index in [1.54, 1.807) is 12.1 Å². The van der Waals surface area contributed by atoms with Gasteiger partial charge in [0.15, 0.2) is 0 Å². The molecule has 1 saturated carbocycles. The maximum Gasteiger partial charge on any atom is 0.137 e. The van der Waals surface area contributed by atoms with E-state index in [2.05, 4.69) is 27.9 Å². The Morgan fingerprint density at radius 1 is 1.53 bits per heavy atom. The first-order valence-corrected chi connectivity index (χ1v) is 6.79.